The van der Waals surface area contributed by atoms with Crippen LogP contribution in [0.3, 0.4) is 0 Å². The Balaban J connectivity index is 2.01. The predicted molar refractivity (Wildman–Crippen MR) is 72.7 cm³/mol. The molecule has 2 aromatic rings. The second-order valence-corrected chi connectivity index (χ2v) is 4.48. The van der Waals surface area contributed by atoms with Crippen LogP contribution in [0, 0.1) is 0 Å². The number of aromatic nitrogens is 1. The van der Waals surface area contributed by atoms with Crippen molar-refractivity contribution in [3.05, 3.63) is 48.2 Å². The molecule has 0 aliphatic carbocycles. The molecule has 1 atom stereocenters. The minimum Gasteiger partial charge on any atom is -0.439 e. The van der Waals surface area contributed by atoms with E-state index in [4.69, 9.17) is 4.74 Å². The lowest BCUT2D eigenvalue weighted by molar-refractivity contribution is -0.274. The van der Waals surface area contributed by atoms with E-state index in [9.17, 15) is 18.3 Å². The van der Waals surface area contributed by atoms with Crippen LogP contribution in [-0.4, -0.2) is 16.5 Å². The van der Waals surface area contributed by atoms with Crippen LogP contribution in [0.2, 0.25) is 0 Å². The summed E-state index contributed by atoms with van der Waals surface area (Å²) in [6, 6.07) is 8.25. The molecular weight excluding hydrogens is 299 g/mol. The molecule has 0 spiro atoms. The minimum atomic E-state index is -4.72. The van der Waals surface area contributed by atoms with Gasteiger partial charge in [-0.3, -0.25) is 0 Å². The molecule has 1 N–H and O–H groups in total. The number of aliphatic hydroxyl groups excluding tert-OH is 1. The Labute approximate surface area is 125 Å². The zero-order valence-electron chi connectivity index (χ0n) is 11.7. The van der Waals surface area contributed by atoms with Gasteiger partial charge in [0.2, 0.25) is 5.88 Å². The van der Waals surface area contributed by atoms with Crippen molar-refractivity contribution >= 4 is 0 Å². The first-order valence-corrected chi connectivity index (χ1v) is 6.55. The van der Waals surface area contributed by atoms with Gasteiger partial charge in [-0.25, -0.2) is 4.98 Å². The van der Waals surface area contributed by atoms with Crippen LogP contribution in [0.5, 0.6) is 17.4 Å². The summed E-state index contributed by atoms with van der Waals surface area (Å²) in [4.78, 5) is 4.03. The highest BCUT2D eigenvalue weighted by molar-refractivity contribution is 5.34. The highest BCUT2D eigenvalue weighted by atomic mass is 19.4. The molecule has 1 aromatic heterocycles. The minimum absolute atomic E-state index is 0.275. The molecular formula is C15H14F3NO3. The van der Waals surface area contributed by atoms with E-state index in [2.05, 4.69) is 9.72 Å². The topological polar surface area (TPSA) is 51.6 Å². The van der Waals surface area contributed by atoms with Crippen molar-refractivity contribution in [1.82, 2.24) is 4.98 Å². The average Bonchev–Trinajstić information content (AvgIpc) is 2.48. The van der Waals surface area contributed by atoms with Crippen molar-refractivity contribution in [2.24, 2.45) is 0 Å². The number of ether oxygens (including phenoxy) is 2. The van der Waals surface area contributed by atoms with Crippen molar-refractivity contribution in [2.45, 2.75) is 25.8 Å². The van der Waals surface area contributed by atoms with Gasteiger partial charge in [0.15, 0.2) is 0 Å². The number of alkyl halides is 3. The number of pyridine rings is 1. The lowest BCUT2D eigenvalue weighted by Crippen LogP contribution is -2.16. The molecule has 0 aliphatic heterocycles. The van der Waals surface area contributed by atoms with Crippen LogP contribution >= 0.6 is 0 Å². The molecule has 0 bridgehead atoms. The SMILES string of the molecule is CCC(O)c1ccc(Oc2ccc(OC(F)(F)F)cc2)nc1. The van der Waals surface area contributed by atoms with E-state index in [1.807, 2.05) is 6.92 Å². The van der Waals surface area contributed by atoms with Crippen LogP contribution in [0.1, 0.15) is 25.0 Å². The molecule has 22 heavy (non-hydrogen) atoms. The number of aliphatic hydroxyl groups is 1. The Morgan fingerprint density at radius 2 is 1.73 bits per heavy atom. The van der Waals surface area contributed by atoms with E-state index in [1.165, 1.54) is 18.3 Å². The van der Waals surface area contributed by atoms with Gasteiger partial charge in [-0.2, -0.15) is 0 Å². The molecule has 1 unspecified atom stereocenters. The van der Waals surface area contributed by atoms with Crippen LogP contribution in [0.15, 0.2) is 42.6 Å². The number of rotatable bonds is 5. The Morgan fingerprint density at radius 1 is 1.09 bits per heavy atom. The van der Waals surface area contributed by atoms with Gasteiger partial charge >= 0.3 is 6.36 Å². The molecule has 1 heterocycles. The second-order valence-electron chi connectivity index (χ2n) is 4.48. The molecule has 7 heteroatoms. The smallest absolute Gasteiger partial charge is 0.439 e. The number of hydrogen-bond acceptors (Lipinski definition) is 4. The third kappa shape index (κ3) is 4.63. The highest BCUT2D eigenvalue weighted by Gasteiger charge is 2.30. The van der Waals surface area contributed by atoms with Crippen LogP contribution in [0.25, 0.3) is 0 Å². The van der Waals surface area contributed by atoms with E-state index in [1.54, 1.807) is 12.1 Å². The van der Waals surface area contributed by atoms with Crippen molar-refractivity contribution in [1.29, 1.82) is 0 Å². The molecule has 0 fully saturated rings. The molecule has 4 nitrogen and oxygen atoms in total. The summed E-state index contributed by atoms with van der Waals surface area (Å²) in [7, 11) is 0. The molecule has 0 amide bonds. The van der Waals surface area contributed by atoms with Crippen LogP contribution in [-0.2, 0) is 0 Å². The summed E-state index contributed by atoms with van der Waals surface area (Å²) >= 11 is 0. The standard InChI is InChI=1S/C15H14F3NO3/c1-2-13(20)10-3-8-14(19-9-10)21-11-4-6-12(7-5-11)22-15(16,17)18/h3-9,13,20H,2H2,1H3. The Kier molecular flexibility index (Phi) is 4.87. The lowest BCUT2D eigenvalue weighted by atomic mass is 10.1. The average molecular weight is 313 g/mol. The van der Waals surface area contributed by atoms with E-state index >= 15 is 0 Å². The van der Waals surface area contributed by atoms with Crippen LogP contribution in [0.4, 0.5) is 13.2 Å². The van der Waals surface area contributed by atoms with Crippen molar-refractivity contribution in [2.75, 3.05) is 0 Å². The van der Waals surface area contributed by atoms with Gasteiger partial charge in [-0.15, -0.1) is 13.2 Å². The fraction of sp³-hybridized carbons (Fsp3) is 0.267. The van der Waals surface area contributed by atoms with Gasteiger partial charge < -0.3 is 14.6 Å². The van der Waals surface area contributed by atoms with Gasteiger partial charge in [0, 0.05) is 12.3 Å². The predicted octanol–water partition coefficient (Wildman–Crippen LogP) is 4.22. The van der Waals surface area contributed by atoms with E-state index < -0.39 is 12.5 Å². The van der Waals surface area contributed by atoms with Gasteiger partial charge in [0.05, 0.1) is 6.10 Å². The summed E-state index contributed by atoms with van der Waals surface area (Å²) in [5, 5.41) is 9.65. The van der Waals surface area contributed by atoms with E-state index in [0.29, 0.717) is 17.7 Å². The molecule has 0 aliphatic rings. The van der Waals surface area contributed by atoms with Crippen molar-refractivity contribution < 1.29 is 27.8 Å². The first kappa shape index (κ1) is 16.1. The van der Waals surface area contributed by atoms with E-state index in [0.717, 1.165) is 12.1 Å². The maximum Gasteiger partial charge on any atom is 0.573 e. The van der Waals surface area contributed by atoms with Gasteiger partial charge in [0.25, 0.3) is 0 Å². The first-order chi connectivity index (χ1) is 10.4. The number of nitrogens with zero attached hydrogens (tertiary/aromatic N) is 1. The van der Waals surface area contributed by atoms with Gasteiger partial charge in [-0.1, -0.05) is 6.92 Å². The molecule has 1 aromatic carbocycles. The summed E-state index contributed by atoms with van der Waals surface area (Å²) < 4.78 is 45.3. The highest BCUT2D eigenvalue weighted by Crippen LogP contribution is 2.27. The van der Waals surface area contributed by atoms with E-state index in [-0.39, 0.29) is 11.6 Å². The quantitative estimate of drug-likeness (QED) is 0.898. The summed E-state index contributed by atoms with van der Waals surface area (Å²) in [6.07, 6.45) is -3.24. The van der Waals surface area contributed by atoms with Gasteiger partial charge in [0.1, 0.15) is 11.5 Å². The maximum atomic E-state index is 12.0. The Hall–Kier alpha value is -2.28. The van der Waals surface area contributed by atoms with Crippen molar-refractivity contribution in [3.8, 4) is 17.4 Å². The van der Waals surface area contributed by atoms with Crippen molar-refractivity contribution in [3.63, 3.8) is 0 Å². The van der Waals surface area contributed by atoms with Crippen LogP contribution < -0.4 is 9.47 Å². The zero-order chi connectivity index (χ0) is 16.2. The zero-order valence-corrected chi connectivity index (χ0v) is 11.7. The number of benzene rings is 1. The molecule has 118 valence electrons. The maximum absolute atomic E-state index is 12.0. The third-order valence-electron chi connectivity index (χ3n) is 2.81. The number of hydrogen-bond donors (Lipinski definition) is 1. The molecule has 0 saturated heterocycles. The third-order valence-corrected chi connectivity index (χ3v) is 2.81. The number of halogens is 3. The molecule has 2 rings (SSSR count). The summed E-state index contributed by atoms with van der Waals surface area (Å²) in [5.41, 5.74) is 0.670. The summed E-state index contributed by atoms with van der Waals surface area (Å²) in [6.45, 7) is 1.85. The second kappa shape index (κ2) is 6.65. The Bertz CT molecular complexity index is 597. The fourth-order valence-electron chi connectivity index (χ4n) is 1.72. The monoisotopic (exact) mass is 313 g/mol. The molecule has 0 radical (unpaired) electrons. The largest absolute Gasteiger partial charge is 0.573 e. The lowest BCUT2D eigenvalue weighted by Gasteiger charge is -2.10. The fourth-order valence-corrected chi connectivity index (χ4v) is 1.72. The summed E-state index contributed by atoms with van der Waals surface area (Å²) in [5.74, 6) is 0.275. The van der Waals surface area contributed by atoms with Gasteiger partial charge in [-0.05, 0) is 42.3 Å². The first-order valence-electron chi connectivity index (χ1n) is 6.55. The molecule has 0 saturated carbocycles. The Morgan fingerprint density at radius 3 is 2.23 bits per heavy atom. The normalized spacial score (nSPS) is 12.8.